The number of carbonyl (C=O) groups excluding carboxylic acids is 1. The van der Waals surface area contributed by atoms with Crippen molar-refractivity contribution in [1.82, 2.24) is 9.80 Å². The van der Waals surface area contributed by atoms with Crippen molar-refractivity contribution in [3.63, 3.8) is 0 Å². The summed E-state index contributed by atoms with van der Waals surface area (Å²) in [4.78, 5) is 18.7. The van der Waals surface area contributed by atoms with E-state index in [0.717, 1.165) is 31.0 Å². The van der Waals surface area contributed by atoms with Gasteiger partial charge in [-0.1, -0.05) is 30.9 Å². The average Bonchev–Trinajstić information content (AvgIpc) is 3.55. The second kappa shape index (κ2) is 12.6. The van der Waals surface area contributed by atoms with Crippen molar-refractivity contribution in [3.8, 4) is 17.2 Å². The lowest BCUT2D eigenvalue weighted by atomic mass is 9.83. The van der Waals surface area contributed by atoms with E-state index in [2.05, 4.69) is 11.8 Å². The van der Waals surface area contributed by atoms with Crippen LogP contribution >= 0.6 is 0 Å². The van der Waals surface area contributed by atoms with Crippen LogP contribution < -0.4 is 14.2 Å². The van der Waals surface area contributed by atoms with Crippen LogP contribution in [0.25, 0.3) is 6.08 Å². The summed E-state index contributed by atoms with van der Waals surface area (Å²) >= 11 is 0. The first-order valence-corrected chi connectivity index (χ1v) is 15.3. The fraction of sp³-hybridized carbons (Fsp3) is 0.559. The van der Waals surface area contributed by atoms with Gasteiger partial charge in [0.1, 0.15) is 11.6 Å². The maximum Gasteiger partial charge on any atom is 0.254 e. The Kier molecular flexibility index (Phi) is 9.11. The Morgan fingerprint density at radius 1 is 1.12 bits per heavy atom. The van der Waals surface area contributed by atoms with E-state index in [-0.39, 0.29) is 11.9 Å². The molecule has 2 aromatic carbocycles. The quantitative estimate of drug-likeness (QED) is 0.307. The Hall–Kier alpha value is -3.13. The van der Waals surface area contributed by atoms with Crippen molar-refractivity contribution in [2.24, 2.45) is 5.92 Å². The molecule has 2 atom stereocenters. The van der Waals surface area contributed by atoms with Crippen molar-refractivity contribution in [3.05, 3.63) is 58.7 Å². The zero-order chi connectivity index (χ0) is 30.0. The highest BCUT2D eigenvalue weighted by Gasteiger charge is 2.37. The Labute approximate surface area is 248 Å². The van der Waals surface area contributed by atoms with Gasteiger partial charge in [-0.25, -0.2) is 8.78 Å². The lowest BCUT2D eigenvalue weighted by molar-refractivity contribution is -0.0439. The highest BCUT2D eigenvalue weighted by atomic mass is 19.1. The molecule has 1 aliphatic carbocycles. The van der Waals surface area contributed by atoms with Gasteiger partial charge in [-0.15, -0.1) is 0 Å². The Bertz CT molecular complexity index is 1320. The van der Waals surface area contributed by atoms with E-state index in [1.54, 1.807) is 25.3 Å². The molecule has 0 spiro atoms. The number of hydrogen-bond donors (Lipinski definition) is 0. The normalized spacial score (nSPS) is 21.4. The van der Waals surface area contributed by atoms with E-state index >= 15 is 0 Å². The number of ether oxygens (including phenoxy) is 3. The number of benzene rings is 2. The third-order valence-corrected chi connectivity index (χ3v) is 8.99. The highest BCUT2D eigenvalue weighted by Crippen LogP contribution is 2.47. The van der Waals surface area contributed by atoms with Crippen LogP contribution in [-0.4, -0.2) is 60.3 Å². The SMILES string of the molecule is COc1cc(C(=O)N(CC(C)=Cc2ccc(F)cc2F)CC2CCCN2C(C)C2CCCCC2)cc2c1OC(C)(C)O2. The van der Waals surface area contributed by atoms with E-state index in [1.165, 1.54) is 44.2 Å². The number of methoxy groups -OCH3 is 1. The van der Waals surface area contributed by atoms with Crippen LogP contribution in [0.4, 0.5) is 8.78 Å². The Morgan fingerprint density at radius 3 is 2.60 bits per heavy atom. The van der Waals surface area contributed by atoms with E-state index in [9.17, 15) is 13.6 Å². The van der Waals surface area contributed by atoms with E-state index in [4.69, 9.17) is 14.2 Å². The van der Waals surface area contributed by atoms with Crippen LogP contribution in [0.2, 0.25) is 0 Å². The van der Waals surface area contributed by atoms with Gasteiger partial charge in [0.2, 0.25) is 11.5 Å². The molecule has 2 aromatic rings. The summed E-state index contributed by atoms with van der Waals surface area (Å²) in [6, 6.07) is 7.67. The smallest absolute Gasteiger partial charge is 0.254 e. The zero-order valence-corrected chi connectivity index (χ0v) is 25.6. The van der Waals surface area contributed by atoms with Gasteiger partial charge in [-0.05, 0) is 76.3 Å². The number of carbonyl (C=O) groups is 1. The Morgan fingerprint density at radius 2 is 1.88 bits per heavy atom. The van der Waals surface area contributed by atoms with Crippen molar-refractivity contribution in [1.29, 1.82) is 0 Å². The molecule has 228 valence electrons. The Balaban J connectivity index is 1.43. The number of rotatable bonds is 9. The van der Waals surface area contributed by atoms with Gasteiger partial charge >= 0.3 is 0 Å². The van der Waals surface area contributed by atoms with Gasteiger partial charge in [0.25, 0.3) is 5.91 Å². The molecule has 2 fully saturated rings. The van der Waals surface area contributed by atoms with Crippen molar-refractivity contribution < 1.29 is 27.8 Å². The predicted molar refractivity (Wildman–Crippen MR) is 160 cm³/mol. The summed E-state index contributed by atoms with van der Waals surface area (Å²) in [6.07, 6.45) is 10.3. The summed E-state index contributed by atoms with van der Waals surface area (Å²) in [5.41, 5.74) is 1.53. The number of hydrogen-bond acceptors (Lipinski definition) is 5. The second-order valence-corrected chi connectivity index (χ2v) is 12.6. The van der Waals surface area contributed by atoms with Crippen LogP contribution in [-0.2, 0) is 0 Å². The molecular weight excluding hydrogens is 538 g/mol. The molecule has 6 nitrogen and oxygen atoms in total. The molecule has 2 aliphatic heterocycles. The highest BCUT2D eigenvalue weighted by molar-refractivity contribution is 5.96. The molecule has 42 heavy (non-hydrogen) atoms. The number of nitrogens with zero attached hydrogens (tertiary/aromatic N) is 2. The monoisotopic (exact) mass is 582 g/mol. The maximum absolute atomic E-state index is 14.5. The number of fused-ring (bicyclic) bond motifs is 1. The molecule has 1 saturated carbocycles. The average molecular weight is 583 g/mol. The fourth-order valence-corrected chi connectivity index (χ4v) is 6.92. The summed E-state index contributed by atoms with van der Waals surface area (Å²) in [5, 5.41) is 0. The summed E-state index contributed by atoms with van der Waals surface area (Å²) in [5.74, 6) is -0.188. The molecule has 8 heteroatoms. The van der Waals surface area contributed by atoms with Crippen molar-refractivity contribution in [2.75, 3.05) is 26.7 Å². The van der Waals surface area contributed by atoms with Gasteiger partial charge in [-0.3, -0.25) is 9.69 Å². The molecule has 0 radical (unpaired) electrons. The molecule has 0 aromatic heterocycles. The predicted octanol–water partition coefficient (Wildman–Crippen LogP) is 7.46. The topological polar surface area (TPSA) is 51.2 Å². The number of halogens is 2. The molecule has 1 amide bonds. The fourth-order valence-electron chi connectivity index (χ4n) is 6.92. The summed E-state index contributed by atoms with van der Waals surface area (Å²) < 4.78 is 45.5. The van der Waals surface area contributed by atoms with Gasteiger partial charge in [0, 0.05) is 56.2 Å². The molecule has 5 rings (SSSR count). The van der Waals surface area contributed by atoms with Gasteiger partial charge < -0.3 is 19.1 Å². The van der Waals surface area contributed by atoms with Crippen LogP contribution in [0.5, 0.6) is 17.2 Å². The molecule has 2 unspecified atom stereocenters. The summed E-state index contributed by atoms with van der Waals surface area (Å²) in [6.45, 7) is 9.74. The van der Waals surface area contributed by atoms with Gasteiger partial charge in [0.05, 0.1) is 7.11 Å². The van der Waals surface area contributed by atoms with Crippen molar-refractivity contribution >= 4 is 12.0 Å². The molecule has 0 N–H and O–H groups in total. The first-order chi connectivity index (χ1) is 20.0. The summed E-state index contributed by atoms with van der Waals surface area (Å²) in [7, 11) is 1.55. The minimum atomic E-state index is -0.866. The lowest BCUT2D eigenvalue weighted by Gasteiger charge is -2.39. The number of amides is 1. The van der Waals surface area contributed by atoms with Crippen LogP contribution in [0.1, 0.15) is 88.6 Å². The number of likely N-dealkylation sites (tertiary alicyclic amines) is 1. The molecule has 2 heterocycles. The van der Waals surface area contributed by atoms with Crippen LogP contribution in [0.15, 0.2) is 35.9 Å². The molecular formula is C34H44F2N2O4. The van der Waals surface area contributed by atoms with Gasteiger partial charge in [0.15, 0.2) is 11.5 Å². The maximum atomic E-state index is 14.5. The van der Waals surface area contributed by atoms with E-state index in [1.807, 2.05) is 25.7 Å². The van der Waals surface area contributed by atoms with Crippen molar-refractivity contribution in [2.45, 2.75) is 90.5 Å². The third kappa shape index (κ3) is 6.74. The first-order valence-electron chi connectivity index (χ1n) is 15.3. The van der Waals surface area contributed by atoms with Crippen LogP contribution in [0, 0.1) is 17.6 Å². The zero-order valence-electron chi connectivity index (χ0n) is 25.6. The lowest BCUT2D eigenvalue weighted by Crippen LogP contribution is -2.48. The molecule has 3 aliphatic rings. The van der Waals surface area contributed by atoms with Crippen LogP contribution in [0.3, 0.4) is 0 Å². The third-order valence-electron chi connectivity index (χ3n) is 8.99. The molecule has 0 bridgehead atoms. The first kappa shape index (κ1) is 30.3. The standard InChI is InChI=1S/C34H44F2N2O4/c1-22(16-25-13-14-27(35)19-29(25)36)20-37(21-28-12-9-15-38(28)23(2)24-10-7-6-8-11-24)33(39)26-17-30(40-5)32-31(18-26)41-34(3,4)42-32/h13-14,16-19,23-24,28H,6-12,15,20-21H2,1-5H3. The second-order valence-electron chi connectivity index (χ2n) is 12.6. The molecule has 1 saturated heterocycles. The van der Waals surface area contributed by atoms with Gasteiger partial charge in [-0.2, -0.15) is 0 Å². The minimum absolute atomic E-state index is 0.158. The largest absolute Gasteiger partial charge is 0.493 e. The van der Waals surface area contributed by atoms with E-state index < -0.39 is 17.4 Å². The van der Waals surface area contributed by atoms with E-state index in [0.29, 0.717) is 53.4 Å². The minimum Gasteiger partial charge on any atom is -0.493 e.